The van der Waals surface area contributed by atoms with Crippen LogP contribution in [-0.2, 0) is 4.79 Å². The van der Waals surface area contributed by atoms with E-state index in [9.17, 15) is 14.0 Å². The maximum absolute atomic E-state index is 13.4. The van der Waals surface area contributed by atoms with Crippen molar-refractivity contribution in [3.63, 3.8) is 0 Å². The lowest BCUT2D eigenvalue weighted by Crippen LogP contribution is -2.39. The van der Waals surface area contributed by atoms with Gasteiger partial charge < -0.3 is 18.8 Å². The summed E-state index contributed by atoms with van der Waals surface area (Å²) in [5.41, 5.74) is 2.18. The average molecular weight is 449 g/mol. The molecule has 0 radical (unpaired) electrons. The first-order chi connectivity index (χ1) is 16.0. The summed E-state index contributed by atoms with van der Waals surface area (Å²) < 4.78 is 29.4. The van der Waals surface area contributed by atoms with Crippen LogP contribution in [0.1, 0.15) is 34.1 Å². The van der Waals surface area contributed by atoms with Crippen LogP contribution in [0, 0.1) is 5.82 Å². The van der Waals surface area contributed by atoms with Crippen molar-refractivity contribution in [1.29, 1.82) is 0 Å². The first-order valence-corrected chi connectivity index (χ1v) is 10.3. The van der Waals surface area contributed by atoms with E-state index < -0.39 is 11.9 Å². The summed E-state index contributed by atoms with van der Waals surface area (Å²) in [4.78, 5) is 27.1. The van der Waals surface area contributed by atoms with Gasteiger partial charge in [0, 0.05) is 13.5 Å². The smallest absolute Gasteiger partial charge is 0.289 e. The number of likely N-dealkylation sites (N-methyl/N-ethyl adjacent to an activating group) is 1. The Hall–Kier alpha value is -4.14. The zero-order valence-electron chi connectivity index (χ0n) is 17.7. The van der Waals surface area contributed by atoms with Gasteiger partial charge >= 0.3 is 0 Å². The molecule has 1 atom stereocenters. The number of hydrogen-bond acceptors (Lipinski definition) is 6. The van der Waals surface area contributed by atoms with E-state index in [0.717, 1.165) is 11.1 Å². The van der Waals surface area contributed by atoms with Gasteiger partial charge in [-0.3, -0.25) is 9.59 Å². The second kappa shape index (κ2) is 8.42. The maximum atomic E-state index is 13.4. The van der Waals surface area contributed by atoms with Crippen LogP contribution in [0.25, 0.3) is 0 Å². The molecule has 2 aliphatic heterocycles. The fourth-order valence-electron chi connectivity index (χ4n) is 3.87. The monoisotopic (exact) mass is 449 g/mol. The van der Waals surface area contributed by atoms with E-state index in [4.69, 9.17) is 13.9 Å². The molecule has 2 aromatic carbocycles. The van der Waals surface area contributed by atoms with Crippen molar-refractivity contribution in [3.8, 4) is 11.5 Å². The Morgan fingerprint density at radius 2 is 1.91 bits per heavy atom. The number of rotatable bonds is 5. The van der Waals surface area contributed by atoms with Gasteiger partial charge in [0.05, 0.1) is 18.0 Å². The quantitative estimate of drug-likeness (QED) is 0.594. The second-order valence-electron chi connectivity index (χ2n) is 7.76. The van der Waals surface area contributed by atoms with E-state index in [1.54, 1.807) is 30.3 Å². The lowest BCUT2D eigenvalue weighted by atomic mass is 9.98. The summed E-state index contributed by atoms with van der Waals surface area (Å²) in [5, 5.41) is 5.94. The summed E-state index contributed by atoms with van der Waals surface area (Å²) in [5.74, 6) is 0.260. The molecule has 3 aromatic rings. The maximum Gasteiger partial charge on any atom is 0.289 e. The minimum absolute atomic E-state index is 0.142. The third-order valence-electron chi connectivity index (χ3n) is 5.58. The predicted octanol–water partition coefficient (Wildman–Crippen LogP) is 3.60. The van der Waals surface area contributed by atoms with Gasteiger partial charge in [0.2, 0.25) is 6.79 Å². The molecule has 8 nitrogen and oxygen atoms in total. The highest BCUT2D eigenvalue weighted by molar-refractivity contribution is 6.03. The summed E-state index contributed by atoms with van der Waals surface area (Å²) in [6, 6.07) is 14.2. The zero-order valence-corrected chi connectivity index (χ0v) is 17.7. The molecule has 1 aromatic heterocycles. The van der Waals surface area contributed by atoms with Crippen LogP contribution in [0.3, 0.4) is 0 Å². The van der Waals surface area contributed by atoms with Crippen LogP contribution in [0.4, 0.5) is 4.39 Å². The minimum Gasteiger partial charge on any atom is -0.459 e. The Balaban J connectivity index is 1.42. The molecule has 0 spiro atoms. The predicted molar refractivity (Wildman–Crippen MR) is 115 cm³/mol. The SMILES string of the molecule is CN(CC(=O)N1N=C(c2ccc(F)cc2)CC1c1ccc2c(c1)OCO2)C(=O)c1ccco1. The third kappa shape index (κ3) is 4.05. The van der Waals surface area contributed by atoms with Gasteiger partial charge in [0.15, 0.2) is 17.3 Å². The van der Waals surface area contributed by atoms with Crippen molar-refractivity contribution < 1.29 is 27.9 Å². The Kier molecular flexibility index (Phi) is 5.29. The highest BCUT2D eigenvalue weighted by Crippen LogP contribution is 2.39. The largest absolute Gasteiger partial charge is 0.459 e. The van der Waals surface area contributed by atoms with Gasteiger partial charge in [-0.25, -0.2) is 9.40 Å². The molecule has 3 heterocycles. The van der Waals surface area contributed by atoms with Gasteiger partial charge in [-0.1, -0.05) is 18.2 Å². The van der Waals surface area contributed by atoms with Gasteiger partial charge in [0.1, 0.15) is 12.4 Å². The summed E-state index contributed by atoms with van der Waals surface area (Å²) in [6.45, 7) is -0.0517. The lowest BCUT2D eigenvalue weighted by molar-refractivity contribution is -0.133. The van der Waals surface area contributed by atoms with Crippen LogP contribution in [0.5, 0.6) is 11.5 Å². The highest BCUT2D eigenvalue weighted by Gasteiger charge is 2.35. The summed E-state index contributed by atoms with van der Waals surface area (Å²) >= 11 is 0. The van der Waals surface area contributed by atoms with Crippen LogP contribution < -0.4 is 9.47 Å². The van der Waals surface area contributed by atoms with E-state index in [-0.39, 0.29) is 30.8 Å². The molecule has 0 N–H and O–H groups in total. The third-order valence-corrected chi connectivity index (χ3v) is 5.58. The van der Waals surface area contributed by atoms with E-state index in [0.29, 0.717) is 23.6 Å². The van der Waals surface area contributed by atoms with Gasteiger partial charge in [0.25, 0.3) is 11.8 Å². The van der Waals surface area contributed by atoms with Gasteiger partial charge in [-0.2, -0.15) is 5.10 Å². The Labute approximate surface area is 188 Å². The number of furan rings is 1. The molecule has 168 valence electrons. The Bertz CT molecular complexity index is 1220. The average Bonchev–Trinajstić information content (AvgIpc) is 3.59. The number of amides is 2. The van der Waals surface area contributed by atoms with Crippen LogP contribution in [0.15, 0.2) is 70.4 Å². The fourth-order valence-corrected chi connectivity index (χ4v) is 3.87. The van der Waals surface area contributed by atoms with Crippen molar-refractivity contribution >= 4 is 17.5 Å². The number of carbonyl (C=O) groups is 2. The van der Waals surface area contributed by atoms with Crippen LogP contribution in [-0.4, -0.2) is 47.8 Å². The number of ether oxygens (including phenoxy) is 2. The Morgan fingerprint density at radius 1 is 1.12 bits per heavy atom. The normalized spacial score (nSPS) is 16.6. The van der Waals surface area contributed by atoms with Crippen LogP contribution in [0.2, 0.25) is 0 Å². The molecule has 0 bridgehead atoms. The number of carbonyl (C=O) groups excluding carboxylic acids is 2. The summed E-state index contributed by atoms with van der Waals surface area (Å²) in [6.07, 6.45) is 1.82. The first-order valence-electron chi connectivity index (χ1n) is 10.3. The minimum atomic E-state index is -0.417. The standard InChI is InChI=1S/C24H20FN3O5/c1-27(24(30)21-3-2-10-31-21)13-23(29)28-19(16-6-9-20-22(11-16)33-14-32-20)12-18(26-28)15-4-7-17(25)8-5-15/h2-11,19H,12-14H2,1H3. The van der Waals surface area contributed by atoms with Gasteiger partial charge in [-0.05, 0) is 47.5 Å². The van der Waals surface area contributed by atoms with E-state index in [1.165, 1.54) is 35.4 Å². The molecule has 2 aliphatic rings. The van der Waals surface area contributed by atoms with Crippen molar-refractivity contribution in [1.82, 2.24) is 9.91 Å². The fraction of sp³-hybridized carbons (Fsp3) is 0.208. The lowest BCUT2D eigenvalue weighted by Gasteiger charge is -2.24. The van der Waals surface area contributed by atoms with E-state index in [2.05, 4.69) is 5.10 Å². The van der Waals surface area contributed by atoms with Crippen molar-refractivity contribution in [2.75, 3.05) is 20.4 Å². The van der Waals surface area contributed by atoms with E-state index in [1.807, 2.05) is 12.1 Å². The van der Waals surface area contributed by atoms with Crippen molar-refractivity contribution in [2.45, 2.75) is 12.5 Å². The van der Waals surface area contributed by atoms with Crippen LogP contribution >= 0.6 is 0 Å². The second-order valence-corrected chi connectivity index (χ2v) is 7.76. The van der Waals surface area contributed by atoms with Crippen molar-refractivity contribution in [2.24, 2.45) is 5.10 Å². The molecular formula is C24H20FN3O5. The number of nitrogens with zero attached hydrogens (tertiary/aromatic N) is 3. The van der Waals surface area contributed by atoms with Crippen molar-refractivity contribution in [3.05, 3.63) is 83.6 Å². The number of hydrazone groups is 1. The molecule has 0 saturated heterocycles. The molecule has 33 heavy (non-hydrogen) atoms. The topological polar surface area (TPSA) is 84.6 Å². The number of benzene rings is 2. The highest BCUT2D eigenvalue weighted by atomic mass is 19.1. The molecular weight excluding hydrogens is 429 g/mol. The van der Waals surface area contributed by atoms with Gasteiger partial charge in [-0.15, -0.1) is 0 Å². The summed E-state index contributed by atoms with van der Waals surface area (Å²) in [7, 11) is 1.53. The number of halogens is 1. The first kappa shape index (κ1) is 20.7. The molecule has 0 fully saturated rings. The zero-order chi connectivity index (χ0) is 22.9. The number of fused-ring (bicyclic) bond motifs is 1. The molecule has 2 amide bonds. The molecule has 5 rings (SSSR count). The molecule has 0 aliphatic carbocycles. The molecule has 0 saturated carbocycles. The number of hydrogen-bond donors (Lipinski definition) is 0. The molecule has 9 heteroatoms. The Morgan fingerprint density at radius 3 is 2.67 bits per heavy atom. The van der Waals surface area contributed by atoms with E-state index >= 15 is 0 Å². The molecule has 1 unspecified atom stereocenters.